The van der Waals surface area contributed by atoms with Gasteiger partial charge in [-0.3, -0.25) is 14.5 Å². The van der Waals surface area contributed by atoms with E-state index in [1.165, 1.54) is 33.6 Å². The Bertz CT molecular complexity index is 791. The summed E-state index contributed by atoms with van der Waals surface area (Å²) in [4.78, 5) is 31.1. The summed E-state index contributed by atoms with van der Waals surface area (Å²) < 4.78 is 0.468. The molecule has 5 nitrogen and oxygen atoms in total. The van der Waals surface area contributed by atoms with Crippen LogP contribution in [0.25, 0.3) is 0 Å². The Hall–Kier alpha value is -1.77. The number of thiocarbonyl (C=S) groups is 1. The zero-order valence-corrected chi connectivity index (χ0v) is 16.0. The van der Waals surface area contributed by atoms with Crippen LogP contribution in [0.2, 0.25) is 0 Å². The third-order valence-electron chi connectivity index (χ3n) is 3.70. The van der Waals surface area contributed by atoms with Gasteiger partial charge in [-0.25, -0.2) is 4.98 Å². The van der Waals surface area contributed by atoms with Crippen molar-refractivity contribution in [1.82, 2.24) is 9.88 Å². The SMILES string of the molecule is CCC1SC(=S)N(CC(=O)Nc2ncc(Cc3ccccc3)s2)C1=O. The highest BCUT2D eigenvalue weighted by Crippen LogP contribution is 2.29. The van der Waals surface area contributed by atoms with Gasteiger partial charge in [-0.2, -0.15) is 0 Å². The number of hydrogen-bond acceptors (Lipinski definition) is 6. The van der Waals surface area contributed by atoms with E-state index in [0.717, 1.165) is 11.3 Å². The Morgan fingerprint density at radius 3 is 2.80 bits per heavy atom. The maximum absolute atomic E-state index is 12.2. The molecule has 1 atom stereocenters. The van der Waals surface area contributed by atoms with E-state index in [9.17, 15) is 9.59 Å². The van der Waals surface area contributed by atoms with Crippen LogP contribution in [0.15, 0.2) is 36.5 Å². The predicted molar refractivity (Wildman–Crippen MR) is 106 cm³/mol. The molecule has 0 spiro atoms. The highest BCUT2D eigenvalue weighted by Gasteiger charge is 2.36. The molecule has 1 aliphatic heterocycles. The molecular formula is C17H17N3O2S3. The minimum absolute atomic E-state index is 0.0607. The molecule has 0 radical (unpaired) electrons. The molecule has 1 saturated heterocycles. The van der Waals surface area contributed by atoms with E-state index < -0.39 is 0 Å². The van der Waals surface area contributed by atoms with Crippen molar-refractivity contribution in [1.29, 1.82) is 0 Å². The quantitative estimate of drug-likeness (QED) is 0.766. The van der Waals surface area contributed by atoms with Crippen molar-refractivity contribution in [3.05, 3.63) is 47.0 Å². The van der Waals surface area contributed by atoms with Gasteiger partial charge in [-0.1, -0.05) is 61.2 Å². The Kier molecular flexibility index (Phi) is 5.82. The lowest BCUT2D eigenvalue weighted by Gasteiger charge is -2.14. The molecule has 3 rings (SSSR count). The summed E-state index contributed by atoms with van der Waals surface area (Å²) in [5.41, 5.74) is 1.19. The fourth-order valence-corrected chi connectivity index (χ4v) is 4.73. The fourth-order valence-electron chi connectivity index (χ4n) is 2.45. The maximum atomic E-state index is 12.2. The number of rotatable bonds is 6. The highest BCUT2D eigenvalue weighted by molar-refractivity contribution is 8.24. The Balaban J connectivity index is 1.57. The van der Waals surface area contributed by atoms with E-state index >= 15 is 0 Å². The Morgan fingerprint density at radius 2 is 2.12 bits per heavy atom. The molecular weight excluding hydrogens is 374 g/mol. The molecule has 1 N–H and O–H groups in total. The number of nitrogens with one attached hydrogen (secondary N) is 1. The van der Waals surface area contributed by atoms with Gasteiger partial charge in [-0.05, 0) is 12.0 Å². The van der Waals surface area contributed by atoms with Crippen molar-refractivity contribution in [2.45, 2.75) is 25.0 Å². The van der Waals surface area contributed by atoms with Gasteiger partial charge in [0.15, 0.2) is 5.13 Å². The van der Waals surface area contributed by atoms with Crippen LogP contribution in [0.1, 0.15) is 23.8 Å². The summed E-state index contributed by atoms with van der Waals surface area (Å²) in [5, 5.41) is 3.12. The average molecular weight is 392 g/mol. The monoisotopic (exact) mass is 391 g/mol. The largest absolute Gasteiger partial charge is 0.300 e. The molecule has 1 fully saturated rings. The average Bonchev–Trinajstić information content (AvgIpc) is 3.14. The maximum Gasteiger partial charge on any atom is 0.246 e. The summed E-state index contributed by atoms with van der Waals surface area (Å²) in [6.45, 7) is 1.88. The number of amides is 2. The number of carbonyl (C=O) groups is 2. The minimum Gasteiger partial charge on any atom is -0.300 e. The molecule has 1 unspecified atom stereocenters. The van der Waals surface area contributed by atoms with E-state index in [1.807, 2.05) is 25.1 Å². The van der Waals surface area contributed by atoms with Gasteiger partial charge in [0, 0.05) is 17.5 Å². The summed E-state index contributed by atoms with van der Waals surface area (Å²) in [5.74, 6) is -0.370. The Morgan fingerprint density at radius 1 is 1.36 bits per heavy atom. The third kappa shape index (κ3) is 4.45. The smallest absolute Gasteiger partial charge is 0.246 e. The predicted octanol–water partition coefficient (Wildman–Crippen LogP) is 3.31. The number of aromatic nitrogens is 1. The van der Waals surface area contributed by atoms with Crippen LogP contribution in [-0.4, -0.2) is 37.8 Å². The van der Waals surface area contributed by atoms with Crippen LogP contribution in [0.5, 0.6) is 0 Å². The van der Waals surface area contributed by atoms with E-state index in [4.69, 9.17) is 12.2 Å². The lowest BCUT2D eigenvalue weighted by atomic mass is 10.1. The first-order chi connectivity index (χ1) is 12.1. The number of thioether (sulfide) groups is 1. The van der Waals surface area contributed by atoms with Gasteiger partial charge < -0.3 is 5.32 Å². The summed E-state index contributed by atoms with van der Waals surface area (Å²) in [7, 11) is 0. The van der Waals surface area contributed by atoms with E-state index in [2.05, 4.69) is 22.4 Å². The highest BCUT2D eigenvalue weighted by atomic mass is 32.2. The van der Waals surface area contributed by atoms with Crippen LogP contribution in [0.4, 0.5) is 5.13 Å². The van der Waals surface area contributed by atoms with Gasteiger partial charge >= 0.3 is 0 Å². The zero-order chi connectivity index (χ0) is 17.8. The van der Waals surface area contributed by atoms with Gasteiger partial charge in [0.25, 0.3) is 0 Å². The third-order valence-corrected chi connectivity index (χ3v) is 6.36. The normalized spacial score (nSPS) is 17.2. The first-order valence-corrected chi connectivity index (χ1v) is 9.97. The molecule has 1 aromatic heterocycles. The lowest BCUT2D eigenvalue weighted by molar-refractivity contribution is -0.129. The minimum atomic E-state index is -0.284. The second-order valence-electron chi connectivity index (χ2n) is 5.55. The van der Waals surface area contributed by atoms with Crippen molar-refractivity contribution >= 4 is 56.6 Å². The van der Waals surface area contributed by atoms with Crippen molar-refractivity contribution in [3.8, 4) is 0 Å². The molecule has 1 aliphatic rings. The molecule has 130 valence electrons. The van der Waals surface area contributed by atoms with Gasteiger partial charge in [0.05, 0.1) is 5.25 Å². The summed E-state index contributed by atoms with van der Waals surface area (Å²) >= 11 is 7.98. The number of nitrogens with zero attached hydrogens (tertiary/aromatic N) is 2. The molecule has 2 aromatic rings. The molecule has 0 bridgehead atoms. The van der Waals surface area contributed by atoms with Gasteiger partial charge in [-0.15, -0.1) is 11.3 Å². The first-order valence-electron chi connectivity index (χ1n) is 7.87. The van der Waals surface area contributed by atoms with Crippen LogP contribution in [-0.2, 0) is 16.0 Å². The first kappa shape index (κ1) is 18.0. The van der Waals surface area contributed by atoms with Crippen molar-refractivity contribution in [3.63, 3.8) is 0 Å². The second kappa shape index (κ2) is 8.07. The summed E-state index contributed by atoms with van der Waals surface area (Å²) in [6, 6.07) is 10.1. The molecule has 0 saturated carbocycles. The number of carbonyl (C=O) groups excluding carboxylic acids is 2. The van der Waals surface area contributed by atoms with Crippen molar-refractivity contribution < 1.29 is 9.59 Å². The number of anilines is 1. The topological polar surface area (TPSA) is 62.3 Å². The standard InChI is InChI=1S/C17H17N3O2S3/c1-2-13-15(22)20(17(23)25-13)10-14(21)19-16-18-9-12(24-16)8-11-6-4-3-5-7-11/h3-7,9,13H,2,8,10H2,1H3,(H,18,19,21). The molecule has 0 aliphatic carbocycles. The van der Waals surface area contributed by atoms with Crippen LogP contribution in [0.3, 0.4) is 0 Å². The van der Waals surface area contributed by atoms with Crippen LogP contribution in [0, 0.1) is 0 Å². The fraction of sp³-hybridized carbons (Fsp3) is 0.294. The van der Waals surface area contributed by atoms with Crippen LogP contribution >= 0.6 is 35.3 Å². The lowest BCUT2D eigenvalue weighted by Crippen LogP contribution is -2.38. The molecule has 2 amide bonds. The van der Waals surface area contributed by atoms with E-state index in [0.29, 0.717) is 15.9 Å². The van der Waals surface area contributed by atoms with E-state index in [1.54, 1.807) is 6.20 Å². The molecule has 25 heavy (non-hydrogen) atoms. The Labute approximate surface area is 159 Å². The van der Waals surface area contributed by atoms with Gasteiger partial charge in [0.2, 0.25) is 11.8 Å². The van der Waals surface area contributed by atoms with Crippen LogP contribution < -0.4 is 5.32 Å². The van der Waals surface area contributed by atoms with E-state index in [-0.39, 0.29) is 23.6 Å². The van der Waals surface area contributed by atoms with Crippen molar-refractivity contribution in [2.24, 2.45) is 0 Å². The van der Waals surface area contributed by atoms with Gasteiger partial charge in [0.1, 0.15) is 10.9 Å². The molecule has 1 aromatic carbocycles. The molecule has 8 heteroatoms. The number of hydrogen-bond donors (Lipinski definition) is 1. The number of thiazole rings is 1. The van der Waals surface area contributed by atoms with Crippen molar-refractivity contribution in [2.75, 3.05) is 11.9 Å². The summed E-state index contributed by atoms with van der Waals surface area (Å²) in [6.07, 6.45) is 3.25. The zero-order valence-electron chi connectivity index (χ0n) is 13.6. The molecule has 2 heterocycles. The second-order valence-corrected chi connectivity index (χ2v) is 8.50. The number of benzene rings is 1.